The Morgan fingerprint density at radius 1 is 1.47 bits per heavy atom. The minimum atomic E-state index is -1.09. The average Bonchev–Trinajstić information content (AvgIpc) is 2.63. The second-order valence-corrected chi connectivity index (χ2v) is 4.49. The first-order chi connectivity index (χ1) is 8.90. The highest BCUT2D eigenvalue weighted by Gasteiger charge is 2.19. The van der Waals surface area contributed by atoms with Crippen LogP contribution in [0, 0.1) is 6.92 Å². The number of carboxylic acid groups (broad SMARTS) is 1. The average molecular weight is 261 g/mol. The summed E-state index contributed by atoms with van der Waals surface area (Å²) in [6.45, 7) is 1.87. The molecule has 1 atom stereocenters. The zero-order valence-electron chi connectivity index (χ0n) is 10.8. The second-order valence-electron chi connectivity index (χ2n) is 4.49. The Hall–Kier alpha value is -2.21. The summed E-state index contributed by atoms with van der Waals surface area (Å²) in [6, 6.07) is 4.05. The molecule has 3 N–H and O–H groups in total. The number of fused-ring (bicyclic) bond motifs is 1. The molecule has 0 aliphatic heterocycles. The van der Waals surface area contributed by atoms with Gasteiger partial charge in [0.15, 0.2) is 5.78 Å². The van der Waals surface area contributed by atoms with Crippen LogP contribution in [-0.4, -0.2) is 32.5 Å². The minimum absolute atomic E-state index is 0.377. The zero-order chi connectivity index (χ0) is 14.2. The van der Waals surface area contributed by atoms with Crippen LogP contribution in [0.1, 0.15) is 22.6 Å². The summed E-state index contributed by atoms with van der Waals surface area (Å²) in [5.41, 5.74) is 7.58. The van der Waals surface area contributed by atoms with Gasteiger partial charge in [0.25, 0.3) is 0 Å². The van der Waals surface area contributed by atoms with Crippen molar-refractivity contribution in [2.75, 3.05) is 0 Å². The molecule has 0 saturated carbocycles. The molecule has 1 aromatic carbocycles. The summed E-state index contributed by atoms with van der Waals surface area (Å²) in [5, 5.41) is 8.64. The van der Waals surface area contributed by atoms with Crippen molar-refractivity contribution in [3.05, 3.63) is 29.6 Å². The molecule has 0 bridgehead atoms. The van der Waals surface area contributed by atoms with Crippen LogP contribution in [0.4, 0.5) is 0 Å². The first-order valence-corrected chi connectivity index (χ1v) is 5.85. The number of benzene rings is 1. The molecule has 19 heavy (non-hydrogen) atoms. The first-order valence-electron chi connectivity index (χ1n) is 5.85. The molecule has 1 aromatic heterocycles. The van der Waals surface area contributed by atoms with Crippen molar-refractivity contribution in [3.8, 4) is 0 Å². The number of imidazole rings is 1. The fraction of sp³-hybridized carbons (Fsp3) is 0.308. The molecule has 2 rings (SSSR count). The zero-order valence-corrected chi connectivity index (χ0v) is 10.8. The third-order valence-electron chi connectivity index (χ3n) is 3.12. The summed E-state index contributed by atoms with van der Waals surface area (Å²) < 4.78 is 1.92. The van der Waals surface area contributed by atoms with Crippen molar-refractivity contribution in [3.63, 3.8) is 0 Å². The number of carboxylic acids is 1. The SMILES string of the molecule is Cc1nc2cc(C(=O)C(N)CC(=O)O)ccc2n1C. The Morgan fingerprint density at radius 2 is 2.16 bits per heavy atom. The smallest absolute Gasteiger partial charge is 0.305 e. The molecule has 1 heterocycles. The third kappa shape index (κ3) is 2.48. The quantitative estimate of drug-likeness (QED) is 0.795. The minimum Gasteiger partial charge on any atom is -0.481 e. The summed E-state index contributed by atoms with van der Waals surface area (Å²) in [4.78, 5) is 26.9. The maximum atomic E-state index is 12.0. The van der Waals surface area contributed by atoms with Gasteiger partial charge in [-0.3, -0.25) is 9.59 Å². The van der Waals surface area contributed by atoms with Crippen molar-refractivity contribution in [2.24, 2.45) is 12.8 Å². The van der Waals surface area contributed by atoms with E-state index in [2.05, 4.69) is 4.98 Å². The normalized spacial score (nSPS) is 12.6. The molecule has 0 saturated heterocycles. The van der Waals surface area contributed by atoms with E-state index in [1.165, 1.54) is 0 Å². The molecule has 6 heteroatoms. The third-order valence-corrected chi connectivity index (χ3v) is 3.12. The molecule has 0 aliphatic carbocycles. The molecule has 0 radical (unpaired) electrons. The van der Waals surface area contributed by atoms with Crippen LogP contribution in [0.25, 0.3) is 11.0 Å². The first kappa shape index (κ1) is 13.2. The monoisotopic (exact) mass is 261 g/mol. The van der Waals surface area contributed by atoms with Gasteiger partial charge >= 0.3 is 5.97 Å². The Balaban J connectivity index is 2.35. The van der Waals surface area contributed by atoms with Gasteiger partial charge in [0.1, 0.15) is 5.82 Å². The lowest BCUT2D eigenvalue weighted by Crippen LogP contribution is -2.32. The maximum Gasteiger partial charge on any atom is 0.305 e. The number of hydrogen-bond donors (Lipinski definition) is 2. The number of carbonyl (C=O) groups is 2. The van der Waals surface area contributed by atoms with E-state index in [9.17, 15) is 9.59 Å². The van der Waals surface area contributed by atoms with Crippen LogP contribution in [0.3, 0.4) is 0 Å². The molecule has 6 nitrogen and oxygen atoms in total. The largest absolute Gasteiger partial charge is 0.481 e. The van der Waals surface area contributed by atoms with E-state index in [4.69, 9.17) is 10.8 Å². The number of nitrogens with zero attached hydrogens (tertiary/aromatic N) is 2. The Bertz CT molecular complexity index is 660. The fourth-order valence-electron chi connectivity index (χ4n) is 1.97. The predicted octanol–water partition coefficient (Wildman–Crippen LogP) is 0.866. The van der Waals surface area contributed by atoms with E-state index >= 15 is 0 Å². The number of hydrogen-bond acceptors (Lipinski definition) is 4. The van der Waals surface area contributed by atoms with Crippen molar-refractivity contribution in [1.82, 2.24) is 9.55 Å². The molecule has 2 aromatic rings. The van der Waals surface area contributed by atoms with Crippen LogP contribution >= 0.6 is 0 Å². The second kappa shape index (κ2) is 4.81. The van der Waals surface area contributed by atoms with E-state index in [0.29, 0.717) is 11.1 Å². The van der Waals surface area contributed by atoms with Gasteiger partial charge in [-0.1, -0.05) is 0 Å². The Kier molecular flexibility index (Phi) is 3.35. The summed E-state index contributed by atoms with van der Waals surface area (Å²) in [5.74, 6) is -0.627. The fourth-order valence-corrected chi connectivity index (χ4v) is 1.97. The number of aromatic nitrogens is 2. The molecule has 100 valence electrons. The summed E-state index contributed by atoms with van der Waals surface area (Å²) in [6.07, 6.45) is -0.377. The molecule has 0 fully saturated rings. The molecular weight excluding hydrogens is 246 g/mol. The van der Waals surface area contributed by atoms with Crippen molar-refractivity contribution in [1.29, 1.82) is 0 Å². The molecule has 0 aliphatic rings. The topological polar surface area (TPSA) is 98.2 Å². The van der Waals surface area contributed by atoms with E-state index in [1.54, 1.807) is 18.2 Å². The van der Waals surface area contributed by atoms with E-state index in [-0.39, 0.29) is 12.2 Å². The number of rotatable bonds is 4. The summed E-state index contributed by atoms with van der Waals surface area (Å²) >= 11 is 0. The van der Waals surface area contributed by atoms with Crippen molar-refractivity contribution < 1.29 is 14.7 Å². The van der Waals surface area contributed by atoms with Gasteiger partial charge in [-0.15, -0.1) is 0 Å². The van der Waals surface area contributed by atoms with Gasteiger partial charge in [0, 0.05) is 12.6 Å². The lowest BCUT2D eigenvalue weighted by Gasteiger charge is -2.07. The molecule has 1 unspecified atom stereocenters. The number of Topliss-reactive ketones (excluding diaryl/α,β-unsaturated/α-hetero) is 1. The van der Waals surface area contributed by atoms with Crippen LogP contribution in [-0.2, 0) is 11.8 Å². The number of nitrogens with two attached hydrogens (primary N) is 1. The van der Waals surface area contributed by atoms with Gasteiger partial charge in [-0.25, -0.2) is 4.98 Å². The summed E-state index contributed by atoms with van der Waals surface area (Å²) in [7, 11) is 1.89. The predicted molar refractivity (Wildman–Crippen MR) is 70.0 cm³/mol. The van der Waals surface area contributed by atoms with Crippen molar-refractivity contribution in [2.45, 2.75) is 19.4 Å². The van der Waals surface area contributed by atoms with Crippen LogP contribution in [0.15, 0.2) is 18.2 Å². The highest BCUT2D eigenvalue weighted by atomic mass is 16.4. The molecule has 0 spiro atoms. The Labute approximate surface area is 109 Å². The molecule has 0 amide bonds. The molecular formula is C13H15N3O3. The van der Waals surface area contributed by atoms with Gasteiger partial charge in [0.2, 0.25) is 0 Å². The van der Waals surface area contributed by atoms with Gasteiger partial charge < -0.3 is 15.4 Å². The Morgan fingerprint density at radius 3 is 2.79 bits per heavy atom. The number of ketones is 1. The number of aryl methyl sites for hydroxylation is 2. The lowest BCUT2D eigenvalue weighted by molar-refractivity contribution is -0.137. The van der Waals surface area contributed by atoms with Gasteiger partial charge in [-0.2, -0.15) is 0 Å². The van der Waals surface area contributed by atoms with Gasteiger partial charge in [-0.05, 0) is 25.1 Å². The lowest BCUT2D eigenvalue weighted by atomic mass is 10.0. The number of carbonyl (C=O) groups excluding carboxylic acids is 1. The van der Waals surface area contributed by atoms with E-state index in [1.807, 2.05) is 18.5 Å². The van der Waals surface area contributed by atoms with Crippen LogP contribution in [0.2, 0.25) is 0 Å². The van der Waals surface area contributed by atoms with E-state index in [0.717, 1.165) is 11.3 Å². The van der Waals surface area contributed by atoms with Crippen LogP contribution in [0.5, 0.6) is 0 Å². The number of aliphatic carboxylic acids is 1. The maximum absolute atomic E-state index is 12.0. The van der Waals surface area contributed by atoms with Gasteiger partial charge in [0.05, 0.1) is 23.5 Å². The van der Waals surface area contributed by atoms with E-state index < -0.39 is 12.0 Å². The highest BCUT2D eigenvalue weighted by Crippen LogP contribution is 2.17. The highest BCUT2D eigenvalue weighted by molar-refractivity contribution is 6.03. The van der Waals surface area contributed by atoms with Crippen LogP contribution < -0.4 is 5.73 Å². The van der Waals surface area contributed by atoms with Crippen molar-refractivity contribution >= 4 is 22.8 Å². The standard InChI is InChI=1S/C13H15N3O3/c1-7-15-10-5-8(3-4-11(10)16(7)2)13(19)9(14)6-12(17)18/h3-5,9H,6,14H2,1-2H3,(H,17,18).